The predicted molar refractivity (Wildman–Crippen MR) is 185 cm³/mol. The average Bonchev–Trinajstić information content (AvgIpc) is 3.04. The Balaban J connectivity index is 0.00000135. The number of benzene rings is 2. The van der Waals surface area contributed by atoms with Crippen LogP contribution in [0.4, 0.5) is 10.5 Å². The van der Waals surface area contributed by atoms with Crippen LogP contribution in [-0.2, 0) is 22.7 Å². The van der Waals surface area contributed by atoms with E-state index in [1.54, 1.807) is 44.4 Å². The standard InChI is InChI=1S/C30H42N4O5.C4H11N3/c1-22(2)10-8-6-7-9-11-28(35)32-20-24-14-17-26(27(18-24)38-5)39-30(37)33(3)21-23-12-15-25(16-13-23)34(4)29(36)19-31;1-2-3-7-4(5)6/h8,10,12-18,22H,6-7,9,11,19-21,31H2,1-5H3,(H,32,35);2-3H2,1H3,(H4,5,6,7)/b10-8+;. The summed E-state index contributed by atoms with van der Waals surface area (Å²) in [5.74, 6) is 1.24. The number of carbonyl (C=O) groups excluding carboxylic acids is 3. The Morgan fingerprint density at radius 3 is 2.24 bits per heavy atom. The Morgan fingerprint density at radius 1 is 1.00 bits per heavy atom. The zero-order valence-corrected chi connectivity index (χ0v) is 28.3. The summed E-state index contributed by atoms with van der Waals surface area (Å²) in [5, 5.41) is 2.93. The van der Waals surface area contributed by atoms with Crippen LogP contribution >= 0.6 is 0 Å². The fourth-order valence-corrected chi connectivity index (χ4v) is 3.97. The lowest BCUT2D eigenvalue weighted by Gasteiger charge is -2.20. The van der Waals surface area contributed by atoms with Gasteiger partial charge in [-0.25, -0.2) is 4.79 Å². The zero-order chi connectivity index (χ0) is 34.5. The molecule has 0 fully saturated rings. The number of aliphatic imine (C=N–C) groups is 1. The molecule has 0 aliphatic carbocycles. The first-order valence-corrected chi connectivity index (χ1v) is 15.6. The molecule has 0 aliphatic rings. The van der Waals surface area contributed by atoms with Crippen LogP contribution in [0.2, 0.25) is 0 Å². The van der Waals surface area contributed by atoms with Crippen molar-refractivity contribution in [3.8, 4) is 11.5 Å². The number of guanidine groups is 1. The summed E-state index contributed by atoms with van der Waals surface area (Å²) in [4.78, 5) is 43.3. The van der Waals surface area contributed by atoms with E-state index in [0.717, 1.165) is 49.0 Å². The summed E-state index contributed by atoms with van der Waals surface area (Å²) in [7, 11) is 4.80. The zero-order valence-electron chi connectivity index (χ0n) is 28.3. The molecule has 0 radical (unpaired) electrons. The van der Waals surface area contributed by atoms with Crippen molar-refractivity contribution in [2.24, 2.45) is 28.1 Å². The molecule has 12 heteroatoms. The van der Waals surface area contributed by atoms with E-state index in [-0.39, 0.29) is 30.1 Å². The molecule has 2 aromatic carbocycles. The number of anilines is 1. The third-order valence-electron chi connectivity index (χ3n) is 6.58. The lowest BCUT2D eigenvalue weighted by atomic mass is 10.1. The first kappa shape index (κ1) is 39.4. The summed E-state index contributed by atoms with van der Waals surface area (Å²) in [5.41, 5.74) is 17.9. The van der Waals surface area contributed by atoms with Crippen molar-refractivity contribution >= 4 is 29.6 Å². The summed E-state index contributed by atoms with van der Waals surface area (Å²) in [6, 6.07) is 12.5. The Bertz CT molecular complexity index is 1280. The summed E-state index contributed by atoms with van der Waals surface area (Å²) >= 11 is 0. The molecule has 0 saturated carbocycles. The highest BCUT2D eigenvalue weighted by Gasteiger charge is 2.16. The van der Waals surface area contributed by atoms with E-state index in [9.17, 15) is 14.4 Å². The number of nitrogens with two attached hydrogens (primary N) is 3. The van der Waals surface area contributed by atoms with Gasteiger partial charge in [0.1, 0.15) is 0 Å². The van der Waals surface area contributed by atoms with Crippen LogP contribution in [0.1, 0.15) is 64.0 Å². The molecule has 0 atom stereocenters. The largest absolute Gasteiger partial charge is 0.493 e. The van der Waals surface area contributed by atoms with Crippen LogP contribution in [0.3, 0.4) is 0 Å². The van der Waals surface area contributed by atoms with Crippen molar-refractivity contribution in [1.29, 1.82) is 0 Å². The first-order valence-electron chi connectivity index (χ1n) is 15.6. The lowest BCUT2D eigenvalue weighted by molar-refractivity contribution is -0.121. The highest BCUT2D eigenvalue weighted by Crippen LogP contribution is 2.29. The monoisotopic (exact) mass is 639 g/mol. The minimum atomic E-state index is -0.544. The van der Waals surface area contributed by atoms with Crippen LogP contribution in [0, 0.1) is 5.92 Å². The summed E-state index contributed by atoms with van der Waals surface area (Å²) in [6.07, 6.45) is 8.10. The molecule has 0 aliphatic heterocycles. The van der Waals surface area contributed by atoms with Gasteiger partial charge < -0.3 is 41.8 Å². The van der Waals surface area contributed by atoms with Crippen LogP contribution in [0.25, 0.3) is 0 Å². The van der Waals surface area contributed by atoms with Gasteiger partial charge in [-0.3, -0.25) is 14.6 Å². The number of nitrogens with one attached hydrogen (secondary N) is 1. The molecule has 2 rings (SSSR count). The van der Waals surface area contributed by atoms with Crippen LogP contribution < -0.4 is 36.9 Å². The van der Waals surface area contributed by atoms with Crippen molar-refractivity contribution in [3.05, 3.63) is 65.7 Å². The molecule has 0 aromatic heterocycles. The molecule has 0 bridgehead atoms. The van der Waals surface area contributed by atoms with Gasteiger partial charge in [-0.05, 0) is 67.0 Å². The number of amides is 3. The SMILES string of the molecule is CCCN=C(N)N.COc1cc(CNC(=O)CCCC/C=C/C(C)C)ccc1OC(=O)N(C)Cc1ccc(N(C)C(=O)CN)cc1. The summed E-state index contributed by atoms with van der Waals surface area (Å²) < 4.78 is 11.0. The molecule has 3 amide bonds. The number of rotatable bonds is 16. The maximum absolute atomic E-state index is 12.7. The van der Waals surface area contributed by atoms with E-state index in [2.05, 4.69) is 36.3 Å². The predicted octanol–water partition coefficient (Wildman–Crippen LogP) is 4.31. The van der Waals surface area contributed by atoms with Crippen LogP contribution in [0.5, 0.6) is 11.5 Å². The number of unbranched alkanes of at least 4 members (excludes halogenated alkanes) is 2. The molecule has 46 heavy (non-hydrogen) atoms. The van der Waals surface area contributed by atoms with Crippen molar-refractivity contribution in [2.45, 2.75) is 66.0 Å². The molecule has 254 valence electrons. The molecule has 7 N–H and O–H groups in total. The first-order chi connectivity index (χ1) is 21.9. The Labute approximate surface area is 274 Å². The minimum absolute atomic E-state index is 0.00425. The fourth-order valence-electron chi connectivity index (χ4n) is 3.97. The van der Waals surface area contributed by atoms with Gasteiger partial charge in [-0.2, -0.15) is 0 Å². The Morgan fingerprint density at radius 2 is 1.67 bits per heavy atom. The Hall–Kier alpha value is -4.58. The minimum Gasteiger partial charge on any atom is -0.493 e. The van der Waals surface area contributed by atoms with Gasteiger partial charge in [0.05, 0.1) is 13.7 Å². The second kappa shape index (κ2) is 22.0. The normalized spacial score (nSPS) is 10.5. The topological polar surface area (TPSA) is 179 Å². The molecule has 2 aromatic rings. The molecule has 12 nitrogen and oxygen atoms in total. The second-order valence-corrected chi connectivity index (χ2v) is 11.0. The van der Waals surface area contributed by atoms with Crippen LogP contribution in [-0.4, -0.2) is 63.1 Å². The van der Waals surface area contributed by atoms with E-state index >= 15 is 0 Å². The van der Waals surface area contributed by atoms with Gasteiger partial charge in [-0.15, -0.1) is 0 Å². The van der Waals surface area contributed by atoms with E-state index in [0.29, 0.717) is 31.2 Å². The molecule has 0 spiro atoms. The molecular weight excluding hydrogens is 586 g/mol. The third-order valence-corrected chi connectivity index (χ3v) is 6.58. The van der Waals surface area contributed by atoms with Gasteiger partial charge in [0.2, 0.25) is 11.8 Å². The Kier molecular flexibility index (Phi) is 18.9. The highest BCUT2D eigenvalue weighted by molar-refractivity contribution is 5.94. The van der Waals surface area contributed by atoms with Crippen molar-refractivity contribution < 1.29 is 23.9 Å². The molecular formula is C34H53N7O5. The average molecular weight is 640 g/mol. The molecule has 0 heterocycles. The lowest BCUT2D eigenvalue weighted by Crippen LogP contribution is -2.32. The summed E-state index contributed by atoms with van der Waals surface area (Å²) in [6.45, 7) is 7.65. The number of hydrogen-bond acceptors (Lipinski definition) is 7. The fraction of sp³-hybridized carbons (Fsp3) is 0.471. The smallest absolute Gasteiger partial charge is 0.415 e. The maximum atomic E-state index is 12.7. The van der Waals surface area contributed by atoms with Crippen molar-refractivity contribution in [2.75, 3.05) is 39.2 Å². The van der Waals surface area contributed by atoms with E-state index in [4.69, 9.17) is 26.7 Å². The maximum Gasteiger partial charge on any atom is 0.415 e. The molecule has 0 unspecified atom stereocenters. The number of allylic oxidation sites excluding steroid dienone is 2. The van der Waals surface area contributed by atoms with E-state index < -0.39 is 6.09 Å². The van der Waals surface area contributed by atoms with Gasteiger partial charge in [0, 0.05) is 45.8 Å². The second-order valence-electron chi connectivity index (χ2n) is 11.0. The van der Waals surface area contributed by atoms with Gasteiger partial charge in [0.15, 0.2) is 17.5 Å². The third kappa shape index (κ3) is 15.9. The van der Waals surface area contributed by atoms with Crippen LogP contribution in [0.15, 0.2) is 59.6 Å². The van der Waals surface area contributed by atoms with E-state index in [1.807, 2.05) is 19.1 Å². The number of ether oxygens (including phenoxy) is 2. The number of methoxy groups -OCH3 is 1. The van der Waals surface area contributed by atoms with Gasteiger partial charge in [0.25, 0.3) is 0 Å². The molecule has 0 saturated heterocycles. The number of hydrogen-bond donors (Lipinski definition) is 4. The number of nitrogens with zero attached hydrogens (tertiary/aromatic N) is 3. The number of carbonyl (C=O) groups is 3. The number of likely N-dealkylation sites (N-methyl/N-ethyl adjacent to an activating group) is 1. The van der Waals surface area contributed by atoms with Crippen molar-refractivity contribution in [1.82, 2.24) is 10.2 Å². The van der Waals surface area contributed by atoms with Crippen molar-refractivity contribution in [3.63, 3.8) is 0 Å². The van der Waals surface area contributed by atoms with Gasteiger partial charge >= 0.3 is 6.09 Å². The highest BCUT2D eigenvalue weighted by atomic mass is 16.6. The van der Waals surface area contributed by atoms with E-state index in [1.165, 1.54) is 16.9 Å². The van der Waals surface area contributed by atoms with Gasteiger partial charge in [-0.1, -0.05) is 51.1 Å². The quantitative estimate of drug-likeness (QED) is 0.0908.